The number of rotatable bonds is 6. The molecule has 0 aliphatic carbocycles. The Bertz CT molecular complexity index is 2870. The van der Waals surface area contributed by atoms with Gasteiger partial charge in [0.1, 0.15) is 29.0 Å². The molecule has 20 heteroatoms. The molecule has 3 aromatic carbocycles. The normalized spacial score (nSPS) is 10.3. The number of aromatic nitrogens is 15. The molecule has 0 bridgehead atoms. The van der Waals surface area contributed by atoms with Crippen molar-refractivity contribution in [3.05, 3.63) is 155 Å². The van der Waals surface area contributed by atoms with Gasteiger partial charge >= 0.3 is 0 Å². The van der Waals surface area contributed by atoms with Gasteiger partial charge in [-0.15, -0.1) is 45.0 Å². The molecule has 0 aliphatic heterocycles. The summed E-state index contributed by atoms with van der Waals surface area (Å²) in [6, 6.07) is 36.7. The SMILES string of the molecule is N#Cc1cc(-n2nnc(-c3ccccn3)n2)ccc1Br.N#Cc1cc(F)cc(-n2nnc(-c3ccccn3)n2)c1.Nc1cccc(-n2nnc(-c3ccccn3)n2)c1. The molecule has 0 amide bonds. The monoisotopic (exact) mass is 830 g/mol. The van der Waals surface area contributed by atoms with E-state index in [1.54, 1.807) is 67.1 Å². The van der Waals surface area contributed by atoms with Gasteiger partial charge < -0.3 is 5.73 Å². The molecule has 0 saturated carbocycles. The van der Waals surface area contributed by atoms with Crippen LogP contribution in [0.3, 0.4) is 0 Å². The second-order valence-electron chi connectivity index (χ2n) is 11.5. The third-order valence-corrected chi connectivity index (χ3v) is 8.26. The molecule has 0 unspecified atom stereocenters. The van der Waals surface area contributed by atoms with Crippen molar-refractivity contribution in [1.29, 1.82) is 10.5 Å². The highest BCUT2D eigenvalue weighted by Crippen LogP contribution is 2.20. The third-order valence-electron chi connectivity index (χ3n) is 7.57. The van der Waals surface area contributed by atoms with E-state index in [2.05, 4.69) is 83.2 Å². The van der Waals surface area contributed by atoms with Gasteiger partial charge in [0.25, 0.3) is 0 Å². The summed E-state index contributed by atoms with van der Waals surface area (Å²) in [7, 11) is 0. The number of anilines is 1. The lowest BCUT2D eigenvalue weighted by atomic mass is 10.2. The summed E-state index contributed by atoms with van der Waals surface area (Å²) in [4.78, 5) is 16.4. The first-order valence-electron chi connectivity index (χ1n) is 16.8. The van der Waals surface area contributed by atoms with E-state index in [0.29, 0.717) is 57.2 Å². The maximum Gasteiger partial charge on any atom is 0.223 e. The summed E-state index contributed by atoms with van der Waals surface area (Å²) in [5.74, 6) is 0.717. The number of halogens is 2. The second-order valence-corrected chi connectivity index (χ2v) is 12.4. The zero-order valence-electron chi connectivity index (χ0n) is 29.6. The standard InChI is InChI=1S/C13H7BrN6.C13H7FN6.C12H10N6/c14-11-5-4-10(7-9(11)8-15)20-18-13(17-19-20)12-3-1-2-6-16-12;14-10-5-9(8-15)6-11(7-10)20-18-13(17-19-20)12-3-1-2-4-16-12;13-9-4-3-5-10(8-9)18-16-12(15-17-18)11-6-1-2-7-14-11/h2*1-7H;1-8H,13H2. The van der Waals surface area contributed by atoms with Crippen molar-refractivity contribution < 1.29 is 4.39 Å². The number of nitrogen functional groups attached to an aromatic ring is 1. The Labute approximate surface area is 335 Å². The highest BCUT2D eigenvalue weighted by atomic mass is 79.9. The number of hydrogen-bond acceptors (Lipinski definition) is 15. The van der Waals surface area contributed by atoms with Crippen LogP contribution in [0.15, 0.2) is 138 Å². The Hall–Kier alpha value is -8.49. The van der Waals surface area contributed by atoms with Crippen molar-refractivity contribution in [1.82, 2.24) is 75.6 Å². The van der Waals surface area contributed by atoms with E-state index in [0.717, 1.165) is 21.0 Å². The predicted molar refractivity (Wildman–Crippen MR) is 209 cm³/mol. The summed E-state index contributed by atoms with van der Waals surface area (Å²) in [6.07, 6.45) is 4.98. The lowest BCUT2D eigenvalue weighted by Crippen LogP contribution is -2.00. The fraction of sp³-hybridized carbons (Fsp3) is 0. The lowest BCUT2D eigenvalue weighted by Gasteiger charge is -2.00. The van der Waals surface area contributed by atoms with E-state index in [1.807, 2.05) is 54.6 Å². The third kappa shape index (κ3) is 9.23. The van der Waals surface area contributed by atoms with Gasteiger partial charge in [-0.3, -0.25) is 15.0 Å². The average molecular weight is 832 g/mol. The minimum Gasteiger partial charge on any atom is -0.399 e. The molecule has 9 aromatic rings. The maximum absolute atomic E-state index is 13.4. The molecule has 0 atom stereocenters. The summed E-state index contributed by atoms with van der Waals surface area (Å²) < 4.78 is 14.1. The first-order valence-corrected chi connectivity index (χ1v) is 17.6. The number of benzene rings is 3. The smallest absolute Gasteiger partial charge is 0.223 e. The fourth-order valence-corrected chi connectivity index (χ4v) is 5.23. The van der Waals surface area contributed by atoms with E-state index in [4.69, 9.17) is 16.3 Å². The molecule has 2 N–H and O–H groups in total. The lowest BCUT2D eigenvalue weighted by molar-refractivity contribution is 0.620. The van der Waals surface area contributed by atoms with Crippen molar-refractivity contribution in [3.8, 4) is 63.8 Å². The van der Waals surface area contributed by atoms with E-state index < -0.39 is 5.82 Å². The quantitative estimate of drug-likeness (QED) is 0.206. The topological polar surface area (TPSA) is 243 Å². The van der Waals surface area contributed by atoms with E-state index in [-0.39, 0.29) is 5.56 Å². The highest BCUT2D eigenvalue weighted by molar-refractivity contribution is 9.10. The van der Waals surface area contributed by atoms with Crippen molar-refractivity contribution in [3.63, 3.8) is 0 Å². The molecule has 6 heterocycles. The summed E-state index contributed by atoms with van der Waals surface area (Å²) >= 11 is 3.31. The van der Waals surface area contributed by atoms with Gasteiger partial charge in [-0.1, -0.05) is 24.3 Å². The largest absolute Gasteiger partial charge is 0.399 e. The molecule has 6 aromatic heterocycles. The fourth-order valence-electron chi connectivity index (χ4n) is 4.89. The number of hydrogen-bond donors (Lipinski definition) is 1. The van der Waals surface area contributed by atoms with E-state index >= 15 is 0 Å². The van der Waals surface area contributed by atoms with Gasteiger partial charge in [0.05, 0.1) is 34.3 Å². The molecule has 9 rings (SSSR count). The number of nitrogens with two attached hydrogens (primary N) is 1. The summed E-state index contributed by atoms with van der Waals surface area (Å²) in [5.41, 5.74) is 10.7. The van der Waals surface area contributed by atoms with Gasteiger partial charge in [-0.05, 0) is 116 Å². The van der Waals surface area contributed by atoms with Crippen LogP contribution in [0.25, 0.3) is 51.6 Å². The predicted octanol–water partition coefficient (Wildman–Crippen LogP) is 5.40. The van der Waals surface area contributed by atoms with E-state index in [1.165, 1.54) is 21.7 Å². The molecular formula is C38H24BrFN18. The van der Waals surface area contributed by atoms with Gasteiger partial charge in [0.2, 0.25) is 17.5 Å². The van der Waals surface area contributed by atoms with E-state index in [9.17, 15) is 4.39 Å². The molecule has 0 fully saturated rings. The van der Waals surface area contributed by atoms with Crippen LogP contribution in [0, 0.1) is 28.5 Å². The molecule has 58 heavy (non-hydrogen) atoms. The minimum absolute atomic E-state index is 0.191. The zero-order valence-corrected chi connectivity index (χ0v) is 31.2. The number of pyridine rings is 3. The first kappa shape index (κ1) is 37.8. The Morgan fingerprint density at radius 1 is 0.534 bits per heavy atom. The van der Waals surface area contributed by atoms with Crippen LogP contribution in [0.1, 0.15) is 11.1 Å². The van der Waals surface area contributed by atoms with Crippen LogP contribution >= 0.6 is 15.9 Å². The van der Waals surface area contributed by atoms with Crippen molar-refractivity contribution in [2.45, 2.75) is 0 Å². The number of nitrogens with zero attached hydrogens (tertiary/aromatic N) is 17. The van der Waals surface area contributed by atoms with Crippen LogP contribution < -0.4 is 5.73 Å². The van der Waals surface area contributed by atoms with Crippen LogP contribution in [0.2, 0.25) is 0 Å². The number of nitriles is 2. The average Bonchev–Trinajstić information content (AvgIpc) is 4.08. The van der Waals surface area contributed by atoms with Gasteiger partial charge in [0, 0.05) is 34.8 Å². The van der Waals surface area contributed by atoms with Crippen LogP contribution in [0.5, 0.6) is 0 Å². The van der Waals surface area contributed by atoms with Gasteiger partial charge in [0.15, 0.2) is 0 Å². The Morgan fingerprint density at radius 2 is 1.05 bits per heavy atom. The maximum atomic E-state index is 13.4. The Kier molecular flexibility index (Phi) is 11.6. The van der Waals surface area contributed by atoms with Gasteiger partial charge in [-0.2, -0.15) is 10.5 Å². The van der Waals surface area contributed by atoms with Crippen LogP contribution in [0.4, 0.5) is 10.1 Å². The molecule has 280 valence electrons. The Balaban J connectivity index is 0.000000133. The molecule has 0 saturated heterocycles. The zero-order chi connectivity index (χ0) is 40.3. The molecule has 0 aliphatic rings. The molecule has 0 radical (unpaired) electrons. The molecular weight excluding hydrogens is 807 g/mol. The first-order chi connectivity index (χ1) is 28.4. The second kappa shape index (κ2) is 17.8. The van der Waals surface area contributed by atoms with Crippen molar-refractivity contribution in [2.24, 2.45) is 0 Å². The minimum atomic E-state index is -0.532. The van der Waals surface area contributed by atoms with Crippen LogP contribution in [-0.4, -0.2) is 75.6 Å². The highest BCUT2D eigenvalue weighted by Gasteiger charge is 2.12. The van der Waals surface area contributed by atoms with Crippen molar-refractivity contribution >= 4 is 21.6 Å². The molecule has 0 spiro atoms. The number of tetrazole rings is 3. The summed E-state index contributed by atoms with van der Waals surface area (Å²) in [5, 5.41) is 54.1. The van der Waals surface area contributed by atoms with Crippen molar-refractivity contribution in [2.75, 3.05) is 5.73 Å². The molecule has 18 nitrogen and oxygen atoms in total. The Morgan fingerprint density at radius 3 is 1.52 bits per heavy atom. The van der Waals surface area contributed by atoms with Gasteiger partial charge in [-0.25, -0.2) is 4.39 Å². The van der Waals surface area contributed by atoms with Crippen LogP contribution in [-0.2, 0) is 0 Å². The summed E-state index contributed by atoms with van der Waals surface area (Å²) in [6.45, 7) is 0.